The van der Waals surface area contributed by atoms with Crippen molar-refractivity contribution in [3.63, 3.8) is 0 Å². The molecule has 3 rings (SSSR count). The molecule has 0 radical (unpaired) electrons. The van der Waals surface area contributed by atoms with E-state index in [1.54, 1.807) is 0 Å². The van der Waals surface area contributed by atoms with Crippen LogP contribution >= 0.6 is 0 Å². The molecule has 1 fully saturated rings. The number of benzene rings is 2. The molecule has 0 aromatic heterocycles. The van der Waals surface area contributed by atoms with Gasteiger partial charge in [-0.25, -0.2) is 13.6 Å². The number of hydrogen-bond acceptors (Lipinski definition) is 3. The first-order valence-electron chi connectivity index (χ1n) is 9.11. The van der Waals surface area contributed by atoms with Crippen molar-refractivity contribution in [2.75, 3.05) is 23.7 Å². The SMILES string of the molecule is O=C(Nc1ccc(C(=O)NCCNC(=O)C2CC2)cc1)Nc1ccc(F)c(F)c1. The molecule has 0 aliphatic heterocycles. The van der Waals surface area contributed by atoms with E-state index in [0.29, 0.717) is 24.3 Å². The van der Waals surface area contributed by atoms with E-state index in [-0.39, 0.29) is 23.4 Å². The summed E-state index contributed by atoms with van der Waals surface area (Å²) in [5, 5.41) is 10.4. The molecular weight excluding hydrogens is 382 g/mol. The molecule has 1 aliphatic carbocycles. The molecule has 29 heavy (non-hydrogen) atoms. The van der Waals surface area contributed by atoms with Crippen LogP contribution in [0.1, 0.15) is 23.2 Å². The van der Waals surface area contributed by atoms with E-state index in [0.717, 1.165) is 25.0 Å². The van der Waals surface area contributed by atoms with Crippen LogP contribution in [-0.4, -0.2) is 30.9 Å². The maximum atomic E-state index is 13.2. The Hall–Kier alpha value is -3.49. The van der Waals surface area contributed by atoms with Gasteiger partial charge in [0.2, 0.25) is 5.91 Å². The number of carbonyl (C=O) groups is 3. The molecule has 2 aromatic rings. The summed E-state index contributed by atoms with van der Waals surface area (Å²) < 4.78 is 26.1. The number of rotatable bonds is 7. The molecule has 0 heterocycles. The average molecular weight is 402 g/mol. The van der Waals surface area contributed by atoms with Crippen molar-refractivity contribution < 1.29 is 23.2 Å². The summed E-state index contributed by atoms with van der Waals surface area (Å²) >= 11 is 0. The van der Waals surface area contributed by atoms with Crippen LogP contribution in [0.15, 0.2) is 42.5 Å². The Kier molecular flexibility index (Phi) is 6.38. The lowest BCUT2D eigenvalue weighted by Crippen LogP contribution is -2.35. The third-order valence-electron chi connectivity index (χ3n) is 4.24. The summed E-state index contributed by atoms with van der Waals surface area (Å²) in [5.41, 5.74) is 0.912. The lowest BCUT2D eigenvalue weighted by molar-refractivity contribution is -0.122. The number of urea groups is 1. The second kappa shape index (κ2) is 9.13. The molecule has 0 atom stereocenters. The average Bonchev–Trinajstić information content (AvgIpc) is 3.54. The number of amides is 4. The molecular formula is C20H20F2N4O3. The van der Waals surface area contributed by atoms with Crippen molar-refractivity contribution in [2.24, 2.45) is 5.92 Å². The van der Waals surface area contributed by atoms with Gasteiger partial charge in [0.05, 0.1) is 0 Å². The molecule has 7 nitrogen and oxygen atoms in total. The molecule has 4 N–H and O–H groups in total. The number of carbonyl (C=O) groups excluding carboxylic acids is 3. The minimum Gasteiger partial charge on any atom is -0.354 e. The molecule has 1 aliphatic rings. The van der Waals surface area contributed by atoms with Crippen molar-refractivity contribution in [2.45, 2.75) is 12.8 Å². The molecule has 0 bridgehead atoms. The zero-order valence-corrected chi connectivity index (χ0v) is 15.4. The van der Waals surface area contributed by atoms with Crippen molar-refractivity contribution >= 4 is 29.2 Å². The lowest BCUT2D eigenvalue weighted by Gasteiger charge is -2.09. The molecule has 1 saturated carbocycles. The normalized spacial score (nSPS) is 12.8. The van der Waals surface area contributed by atoms with Gasteiger partial charge in [-0.15, -0.1) is 0 Å². The summed E-state index contributed by atoms with van der Waals surface area (Å²) in [6.07, 6.45) is 1.86. The highest BCUT2D eigenvalue weighted by Gasteiger charge is 2.28. The monoisotopic (exact) mass is 402 g/mol. The van der Waals surface area contributed by atoms with Gasteiger partial charge in [-0.05, 0) is 49.2 Å². The summed E-state index contributed by atoms with van der Waals surface area (Å²) in [4.78, 5) is 35.5. The first-order chi connectivity index (χ1) is 13.9. The highest BCUT2D eigenvalue weighted by molar-refractivity contribution is 6.00. The largest absolute Gasteiger partial charge is 0.354 e. The third kappa shape index (κ3) is 6.00. The number of hydrogen-bond donors (Lipinski definition) is 4. The van der Waals surface area contributed by atoms with Crippen molar-refractivity contribution in [1.29, 1.82) is 0 Å². The lowest BCUT2D eigenvalue weighted by atomic mass is 10.2. The van der Waals surface area contributed by atoms with Crippen LogP contribution in [0, 0.1) is 17.6 Å². The van der Waals surface area contributed by atoms with Gasteiger partial charge >= 0.3 is 6.03 Å². The molecule has 0 saturated heterocycles. The second-order valence-corrected chi connectivity index (χ2v) is 6.61. The number of nitrogens with one attached hydrogen (secondary N) is 4. The van der Waals surface area contributed by atoms with Crippen LogP contribution in [0.25, 0.3) is 0 Å². The molecule has 9 heteroatoms. The van der Waals surface area contributed by atoms with Gasteiger partial charge < -0.3 is 21.3 Å². The Balaban J connectivity index is 1.43. The van der Waals surface area contributed by atoms with Crippen LogP contribution in [0.5, 0.6) is 0 Å². The van der Waals surface area contributed by atoms with E-state index in [1.807, 2.05) is 0 Å². The highest BCUT2D eigenvalue weighted by atomic mass is 19.2. The summed E-state index contributed by atoms with van der Waals surface area (Å²) in [5.74, 6) is -2.22. The maximum absolute atomic E-state index is 13.2. The Morgan fingerprint density at radius 2 is 1.45 bits per heavy atom. The minimum absolute atomic E-state index is 0.0244. The third-order valence-corrected chi connectivity index (χ3v) is 4.24. The van der Waals surface area contributed by atoms with Crippen molar-refractivity contribution in [1.82, 2.24) is 10.6 Å². The number of halogens is 2. The Bertz CT molecular complexity index is 914. The topological polar surface area (TPSA) is 99.3 Å². The van der Waals surface area contributed by atoms with Crippen LogP contribution in [0.4, 0.5) is 25.0 Å². The fourth-order valence-corrected chi connectivity index (χ4v) is 2.53. The van der Waals surface area contributed by atoms with E-state index < -0.39 is 17.7 Å². The van der Waals surface area contributed by atoms with E-state index in [1.165, 1.54) is 30.3 Å². The van der Waals surface area contributed by atoms with Gasteiger partial charge in [-0.3, -0.25) is 9.59 Å². The van der Waals surface area contributed by atoms with Crippen molar-refractivity contribution in [3.05, 3.63) is 59.7 Å². The highest BCUT2D eigenvalue weighted by Crippen LogP contribution is 2.28. The molecule has 0 spiro atoms. The van der Waals surface area contributed by atoms with E-state index >= 15 is 0 Å². The molecule has 152 valence electrons. The molecule has 0 unspecified atom stereocenters. The van der Waals surface area contributed by atoms with Crippen LogP contribution < -0.4 is 21.3 Å². The zero-order chi connectivity index (χ0) is 20.8. The predicted octanol–water partition coefficient (Wildman–Crippen LogP) is 2.86. The quantitative estimate of drug-likeness (QED) is 0.536. The van der Waals surface area contributed by atoms with Gasteiger partial charge in [0.1, 0.15) is 0 Å². The molecule has 4 amide bonds. The van der Waals surface area contributed by atoms with Gasteiger partial charge in [0.25, 0.3) is 5.91 Å². The van der Waals surface area contributed by atoms with Gasteiger partial charge in [-0.2, -0.15) is 0 Å². The number of anilines is 2. The fraction of sp³-hybridized carbons (Fsp3) is 0.250. The van der Waals surface area contributed by atoms with E-state index in [9.17, 15) is 23.2 Å². The zero-order valence-electron chi connectivity index (χ0n) is 15.4. The van der Waals surface area contributed by atoms with Gasteiger partial charge in [0.15, 0.2) is 11.6 Å². The Morgan fingerprint density at radius 3 is 2.10 bits per heavy atom. The summed E-state index contributed by atoms with van der Waals surface area (Å²) in [6, 6.07) is 8.52. The van der Waals surface area contributed by atoms with E-state index in [4.69, 9.17) is 0 Å². The smallest absolute Gasteiger partial charge is 0.323 e. The van der Waals surface area contributed by atoms with Crippen LogP contribution in [-0.2, 0) is 4.79 Å². The predicted molar refractivity (Wildman–Crippen MR) is 104 cm³/mol. The fourth-order valence-electron chi connectivity index (χ4n) is 2.53. The summed E-state index contributed by atoms with van der Waals surface area (Å²) in [7, 11) is 0. The van der Waals surface area contributed by atoms with Crippen LogP contribution in [0.3, 0.4) is 0 Å². The van der Waals surface area contributed by atoms with Crippen LogP contribution in [0.2, 0.25) is 0 Å². The van der Waals surface area contributed by atoms with E-state index in [2.05, 4.69) is 21.3 Å². The van der Waals surface area contributed by atoms with Gasteiger partial charge in [-0.1, -0.05) is 0 Å². The first-order valence-corrected chi connectivity index (χ1v) is 9.11. The standard InChI is InChI=1S/C20H20F2N4O3/c21-16-8-7-15(11-17(16)22)26-20(29)25-14-5-3-13(4-6-14)19(28)24-10-9-23-18(27)12-1-2-12/h3-8,11-12H,1-2,9-10H2,(H,23,27)(H,24,28)(H2,25,26,29). The minimum atomic E-state index is -1.06. The Morgan fingerprint density at radius 1 is 0.828 bits per heavy atom. The van der Waals surface area contributed by atoms with Gasteiger partial charge in [0, 0.05) is 42.0 Å². The maximum Gasteiger partial charge on any atom is 0.323 e. The van der Waals surface area contributed by atoms with Crippen molar-refractivity contribution in [3.8, 4) is 0 Å². The summed E-state index contributed by atoms with van der Waals surface area (Å²) in [6.45, 7) is 0.679. The Labute approximate surface area is 165 Å². The second-order valence-electron chi connectivity index (χ2n) is 6.61. The molecule has 2 aromatic carbocycles. The first kappa shape index (κ1) is 20.2.